The summed E-state index contributed by atoms with van der Waals surface area (Å²) in [7, 11) is 0. The topological polar surface area (TPSA) is 32.8 Å². The van der Waals surface area contributed by atoms with Crippen LogP contribution in [0.15, 0.2) is 0 Å². The zero-order valence-electron chi connectivity index (χ0n) is 12.5. The summed E-state index contributed by atoms with van der Waals surface area (Å²) in [5.74, 6) is 0. The van der Waals surface area contributed by atoms with Crippen molar-refractivity contribution in [3.05, 3.63) is 0 Å². The first kappa shape index (κ1) is 15.5. The van der Waals surface area contributed by atoms with Crippen molar-refractivity contribution in [2.24, 2.45) is 5.41 Å². The molecule has 0 aliphatic carbocycles. The summed E-state index contributed by atoms with van der Waals surface area (Å²) in [5.41, 5.74) is 0.277. The number of carbonyl (C=O) groups is 1. The number of hydrogen-bond donors (Lipinski definition) is 0. The van der Waals surface area contributed by atoms with E-state index in [1.54, 1.807) is 4.90 Å². The van der Waals surface area contributed by atoms with Crippen molar-refractivity contribution in [2.45, 2.75) is 45.6 Å². The van der Waals surface area contributed by atoms with E-state index >= 15 is 0 Å². The molecule has 2 fully saturated rings. The fourth-order valence-electron chi connectivity index (χ4n) is 3.09. The van der Waals surface area contributed by atoms with E-state index in [1.165, 1.54) is 0 Å². The first-order valence-electron chi connectivity index (χ1n) is 7.17. The monoisotopic (exact) mass is 290 g/mol. The maximum Gasteiger partial charge on any atom is 0.409 e. The Labute approximate surface area is 119 Å². The van der Waals surface area contributed by atoms with Crippen LogP contribution in [0.4, 0.5) is 13.6 Å². The predicted octanol–water partition coefficient (Wildman–Crippen LogP) is 2.58. The highest BCUT2D eigenvalue weighted by Gasteiger charge is 2.49. The molecule has 1 spiro atoms. The molecular weight excluding hydrogens is 266 g/mol. The van der Waals surface area contributed by atoms with Crippen LogP contribution in [0.25, 0.3) is 0 Å². The average molecular weight is 290 g/mol. The lowest BCUT2D eigenvalue weighted by Gasteiger charge is -2.58. The van der Waals surface area contributed by atoms with E-state index in [-0.39, 0.29) is 11.0 Å². The van der Waals surface area contributed by atoms with Crippen LogP contribution in [0.1, 0.15) is 33.6 Å². The van der Waals surface area contributed by atoms with Crippen molar-refractivity contribution < 1.29 is 18.3 Å². The minimum absolute atomic E-state index is 0.134. The Hall–Kier alpha value is -0.910. The van der Waals surface area contributed by atoms with Crippen LogP contribution in [0.3, 0.4) is 0 Å². The molecule has 2 rings (SSSR count). The Kier molecular flexibility index (Phi) is 4.23. The van der Waals surface area contributed by atoms with Gasteiger partial charge in [-0.15, -0.1) is 0 Å². The lowest BCUT2D eigenvalue weighted by molar-refractivity contribution is -0.0933. The molecule has 0 bridgehead atoms. The Morgan fingerprint density at radius 3 is 2.50 bits per heavy atom. The molecule has 20 heavy (non-hydrogen) atoms. The number of piperidine rings is 1. The first-order valence-corrected chi connectivity index (χ1v) is 7.17. The smallest absolute Gasteiger partial charge is 0.409 e. The summed E-state index contributed by atoms with van der Waals surface area (Å²) >= 11 is 0. The average Bonchev–Trinajstić information content (AvgIpc) is 2.31. The number of amides is 1. The highest BCUT2D eigenvalue weighted by atomic mass is 19.3. The van der Waals surface area contributed by atoms with Crippen LogP contribution in [-0.2, 0) is 4.74 Å². The van der Waals surface area contributed by atoms with Crippen molar-refractivity contribution in [1.82, 2.24) is 9.80 Å². The number of likely N-dealkylation sites (tertiary alicyclic amines) is 2. The van der Waals surface area contributed by atoms with Gasteiger partial charge in [-0.1, -0.05) is 0 Å². The Morgan fingerprint density at radius 1 is 1.30 bits per heavy atom. The lowest BCUT2D eigenvalue weighted by atomic mass is 9.71. The van der Waals surface area contributed by atoms with Gasteiger partial charge in [0, 0.05) is 37.1 Å². The van der Waals surface area contributed by atoms with E-state index in [9.17, 15) is 13.6 Å². The van der Waals surface area contributed by atoms with Crippen LogP contribution in [0.5, 0.6) is 0 Å². The number of ether oxygens (including phenoxy) is 1. The molecule has 2 aliphatic rings. The van der Waals surface area contributed by atoms with Gasteiger partial charge in [-0.25, -0.2) is 13.6 Å². The third kappa shape index (κ3) is 3.40. The van der Waals surface area contributed by atoms with E-state index in [1.807, 2.05) is 0 Å². The zero-order valence-corrected chi connectivity index (χ0v) is 12.5. The molecular formula is C14H24F2N2O2. The summed E-state index contributed by atoms with van der Waals surface area (Å²) in [4.78, 5) is 15.7. The maximum absolute atomic E-state index is 12.1. The van der Waals surface area contributed by atoms with Gasteiger partial charge in [-0.2, -0.15) is 0 Å². The molecule has 2 saturated heterocycles. The molecule has 0 saturated carbocycles. The van der Waals surface area contributed by atoms with Crippen LogP contribution in [-0.4, -0.2) is 60.6 Å². The molecule has 0 atom stereocenters. The van der Waals surface area contributed by atoms with Gasteiger partial charge in [0.15, 0.2) is 6.61 Å². The van der Waals surface area contributed by atoms with Crippen LogP contribution >= 0.6 is 0 Å². The number of alkyl halides is 2. The highest BCUT2D eigenvalue weighted by molar-refractivity contribution is 5.67. The van der Waals surface area contributed by atoms with Gasteiger partial charge in [-0.05, 0) is 33.6 Å². The molecule has 0 aromatic heterocycles. The summed E-state index contributed by atoms with van der Waals surface area (Å²) < 4.78 is 28.8. The highest BCUT2D eigenvalue weighted by Crippen LogP contribution is 2.42. The van der Waals surface area contributed by atoms with Crippen molar-refractivity contribution in [1.29, 1.82) is 0 Å². The fourth-order valence-corrected chi connectivity index (χ4v) is 3.09. The summed E-state index contributed by atoms with van der Waals surface area (Å²) in [5, 5.41) is 0. The molecule has 0 radical (unpaired) electrons. The number of hydrogen-bond acceptors (Lipinski definition) is 3. The van der Waals surface area contributed by atoms with E-state index < -0.39 is 19.1 Å². The van der Waals surface area contributed by atoms with Crippen LogP contribution in [0.2, 0.25) is 0 Å². The predicted molar refractivity (Wildman–Crippen MR) is 71.9 cm³/mol. The second-order valence-corrected chi connectivity index (χ2v) is 7.02. The Morgan fingerprint density at radius 2 is 1.95 bits per heavy atom. The largest absolute Gasteiger partial charge is 0.443 e. The number of nitrogens with zero attached hydrogens (tertiary/aromatic N) is 2. The minimum atomic E-state index is -2.60. The second-order valence-electron chi connectivity index (χ2n) is 7.02. The number of halogens is 2. The van der Waals surface area contributed by atoms with Crippen molar-refractivity contribution >= 4 is 6.09 Å². The van der Waals surface area contributed by atoms with Gasteiger partial charge >= 0.3 is 6.09 Å². The summed E-state index contributed by atoms with van der Waals surface area (Å²) in [6.07, 6.45) is -1.18. The van der Waals surface area contributed by atoms with Gasteiger partial charge in [0.05, 0.1) is 0 Å². The minimum Gasteiger partial charge on any atom is -0.443 e. The normalized spacial score (nSPS) is 23.0. The van der Waals surface area contributed by atoms with Gasteiger partial charge in [0.25, 0.3) is 6.43 Å². The first-order chi connectivity index (χ1) is 9.22. The molecule has 116 valence electrons. The summed E-state index contributed by atoms with van der Waals surface area (Å²) in [6.45, 7) is 8.90. The molecule has 0 unspecified atom stereocenters. The third-order valence-corrected chi connectivity index (χ3v) is 4.25. The van der Waals surface area contributed by atoms with Crippen molar-refractivity contribution in [2.75, 3.05) is 32.8 Å². The van der Waals surface area contributed by atoms with E-state index in [0.29, 0.717) is 13.1 Å². The maximum atomic E-state index is 12.1. The van der Waals surface area contributed by atoms with Gasteiger partial charge in [-0.3, -0.25) is 4.90 Å². The third-order valence-electron chi connectivity index (χ3n) is 4.25. The molecule has 0 aromatic carbocycles. The zero-order chi connectivity index (χ0) is 15.0. The molecule has 6 heteroatoms. The molecule has 2 aliphatic heterocycles. The molecule has 0 aromatic rings. The fraction of sp³-hybridized carbons (Fsp3) is 0.929. The van der Waals surface area contributed by atoms with Crippen molar-refractivity contribution in [3.63, 3.8) is 0 Å². The Balaban J connectivity index is 1.86. The van der Waals surface area contributed by atoms with Crippen LogP contribution in [0, 0.1) is 5.41 Å². The van der Waals surface area contributed by atoms with E-state index in [4.69, 9.17) is 0 Å². The molecule has 0 N–H and O–H groups in total. The number of carbonyl (C=O) groups excluding carboxylic acids is 1. The SMILES string of the molecule is CC(C)(C)N1CC2(CCCN(C(=O)OCC(F)F)C2)C1. The van der Waals surface area contributed by atoms with Crippen LogP contribution < -0.4 is 0 Å². The van der Waals surface area contributed by atoms with E-state index in [2.05, 4.69) is 30.4 Å². The number of rotatable bonds is 2. The van der Waals surface area contributed by atoms with Gasteiger partial charge in [0.2, 0.25) is 0 Å². The standard InChI is InChI=1S/C14H24F2N2O2/c1-13(2,3)18-9-14(10-18)5-4-6-17(8-14)12(19)20-7-11(15)16/h11H,4-10H2,1-3H3. The van der Waals surface area contributed by atoms with Crippen molar-refractivity contribution in [3.8, 4) is 0 Å². The van der Waals surface area contributed by atoms with Gasteiger partial charge < -0.3 is 9.64 Å². The quantitative estimate of drug-likeness (QED) is 0.783. The summed E-state index contributed by atoms with van der Waals surface area (Å²) in [6, 6.07) is 0. The van der Waals surface area contributed by atoms with E-state index in [0.717, 1.165) is 25.9 Å². The van der Waals surface area contributed by atoms with Gasteiger partial charge in [0.1, 0.15) is 0 Å². The molecule has 1 amide bonds. The molecule has 4 nitrogen and oxygen atoms in total. The second kappa shape index (κ2) is 5.47. The lowest BCUT2D eigenvalue weighted by Crippen LogP contribution is -2.67. The Bertz CT molecular complexity index is 363. The molecule has 2 heterocycles.